The molecule has 0 bridgehead atoms. The van der Waals surface area contributed by atoms with Gasteiger partial charge in [-0.05, 0) is 30.5 Å². The van der Waals surface area contributed by atoms with Crippen molar-refractivity contribution in [3.8, 4) is 10.8 Å². The van der Waals surface area contributed by atoms with Crippen molar-refractivity contribution in [3.05, 3.63) is 101 Å². The Bertz CT molecular complexity index is 1230. The van der Waals surface area contributed by atoms with Crippen LogP contribution in [0.5, 0.6) is 0 Å². The molecule has 0 saturated carbocycles. The molecule has 8 heteroatoms. The van der Waals surface area contributed by atoms with E-state index in [0.29, 0.717) is 40.9 Å². The first-order valence-corrected chi connectivity index (χ1v) is 11.7. The quantitative estimate of drug-likeness (QED) is 0.337. The van der Waals surface area contributed by atoms with Crippen LogP contribution in [0.15, 0.2) is 79.1 Å². The summed E-state index contributed by atoms with van der Waals surface area (Å²) in [5.74, 6) is -0.379. The summed E-state index contributed by atoms with van der Waals surface area (Å²) in [5, 5.41) is 0.532. The van der Waals surface area contributed by atoms with Crippen LogP contribution in [0.3, 0.4) is 0 Å². The zero-order valence-electron chi connectivity index (χ0n) is 18.8. The molecule has 172 valence electrons. The molecule has 0 aliphatic rings. The summed E-state index contributed by atoms with van der Waals surface area (Å²) in [7, 11) is 0. The predicted octanol–water partition coefficient (Wildman–Crippen LogP) is 4.34. The smallest absolute Gasteiger partial charge is 0.350 e. The molecule has 0 atom stereocenters. The fraction of sp³-hybridized carbons (Fsp3) is 0.192. The molecule has 4 aromatic rings. The Morgan fingerprint density at radius 3 is 2.24 bits per heavy atom. The number of aryl methyl sites for hydroxylation is 1. The second kappa shape index (κ2) is 11.3. The van der Waals surface area contributed by atoms with Gasteiger partial charge in [-0.3, -0.25) is 4.79 Å². The van der Waals surface area contributed by atoms with E-state index in [9.17, 15) is 9.59 Å². The van der Waals surface area contributed by atoms with Crippen LogP contribution in [0.1, 0.15) is 26.5 Å². The predicted molar refractivity (Wildman–Crippen MR) is 130 cm³/mol. The Kier molecular flexibility index (Phi) is 7.72. The van der Waals surface area contributed by atoms with Crippen molar-refractivity contribution < 1.29 is 14.3 Å². The number of rotatable bonds is 9. The van der Waals surface area contributed by atoms with Crippen LogP contribution in [0, 0.1) is 6.92 Å². The number of benzene rings is 2. The van der Waals surface area contributed by atoms with Crippen LogP contribution in [-0.2, 0) is 22.5 Å². The van der Waals surface area contributed by atoms with Crippen LogP contribution in [0.2, 0.25) is 0 Å². The Hall–Kier alpha value is -3.91. The number of carbonyl (C=O) groups is 2. The summed E-state index contributed by atoms with van der Waals surface area (Å²) >= 11 is 1.16. The van der Waals surface area contributed by atoms with Crippen LogP contribution in [0.25, 0.3) is 10.8 Å². The van der Waals surface area contributed by atoms with Crippen molar-refractivity contribution in [3.63, 3.8) is 0 Å². The van der Waals surface area contributed by atoms with Gasteiger partial charge in [-0.25, -0.2) is 19.7 Å². The van der Waals surface area contributed by atoms with E-state index in [1.807, 2.05) is 60.7 Å². The SMILES string of the molecule is Cc1nc(-c2ncccn2)sc1C(=O)OCC(=O)N(CCc1ccccc1)Cc1ccccc1. The zero-order chi connectivity index (χ0) is 23.8. The Labute approximate surface area is 202 Å². The highest BCUT2D eigenvalue weighted by Crippen LogP contribution is 2.25. The monoisotopic (exact) mass is 472 g/mol. The molecule has 7 nitrogen and oxygen atoms in total. The number of ether oxygens (including phenoxy) is 1. The molecule has 0 unspecified atom stereocenters. The topological polar surface area (TPSA) is 85.3 Å². The maximum absolute atomic E-state index is 13.0. The van der Waals surface area contributed by atoms with Gasteiger partial charge >= 0.3 is 5.97 Å². The Morgan fingerprint density at radius 2 is 1.56 bits per heavy atom. The van der Waals surface area contributed by atoms with E-state index in [2.05, 4.69) is 15.0 Å². The van der Waals surface area contributed by atoms with Gasteiger partial charge in [0.05, 0.1) is 5.69 Å². The summed E-state index contributed by atoms with van der Waals surface area (Å²) in [5.41, 5.74) is 2.68. The summed E-state index contributed by atoms with van der Waals surface area (Å²) in [6, 6.07) is 21.5. The maximum atomic E-state index is 13.0. The molecule has 2 aromatic carbocycles. The van der Waals surface area contributed by atoms with Crippen molar-refractivity contribution in [1.29, 1.82) is 0 Å². The van der Waals surface area contributed by atoms with Gasteiger partial charge in [0.1, 0.15) is 4.88 Å². The zero-order valence-corrected chi connectivity index (χ0v) is 19.6. The largest absolute Gasteiger partial charge is 0.451 e. The van der Waals surface area contributed by atoms with Gasteiger partial charge in [0, 0.05) is 25.5 Å². The van der Waals surface area contributed by atoms with E-state index in [1.54, 1.807) is 30.3 Å². The molecule has 2 aromatic heterocycles. The van der Waals surface area contributed by atoms with E-state index in [0.717, 1.165) is 22.5 Å². The number of aromatic nitrogens is 3. The molecule has 0 radical (unpaired) electrons. The summed E-state index contributed by atoms with van der Waals surface area (Å²) in [6.07, 6.45) is 3.95. The van der Waals surface area contributed by atoms with Gasteiger partial charge in [0.2, 0.25) is 0 Å². The van der Waals surface area contributed by atoms with Gasteiger partial charge in [-0.2, -0.15) is 0 Å². The van der Waals surface area contributed by atoms with Gasteiger partial charge in [0.25, 0.3) is 5.91 Å². The minimum absolute atomic E-state index is 0.248. The number of hydrogen-bond acceptors (Lipinski definition) is 7. The van der Waals surface area contributed by atoms with Crippen molar-refractivity contribution in [2.24, 2.45) is 0 Å². The number of amides is 1. The van der Waals surface area contributed by atoms with Crippen LogP contribution in [-0.4, -0.2) is 44.9 Å². The van der Waals surface area contributed by atoms with Crippen molar-refractivity contribution >= 4 is 23.2 Å². The van der Waals surface area contributed by atoms with E-state index < -0.39 is 5.97 Å². The van der Waals surface area contributed by atoms with Gasteiger partial charge in [0.15, 0.2) is 17.4 Å². The average molecular weight is 473 g/mol. The first-order chi connectivity index (χ1) is 16.6. The van der Waals surface area contributed by atoms with Crippen molar-refractivity contribution in [1.82, 2.24) is 19.9 Å². The molecule has 0 aliphatic carbocycles. The van der Waals surface area contributed by atoms with Gasteiger partial charge < -0.3 is 9.64 Å². The average Bonchev–Trinajstić information content (AvgIpc) is 3.28. The number of nitrogens with zero attached hydrogens (tertiary/aromatic N) is 4. The molecular weight excluding hydrogens is 448 g/mol. The number of thiazole rings is 1. The summed E-state index contributed by atoms with van der Waals surface area (Å²) < 4.78 is 5.39. The number of esters is 1. The minimum atomic E-state index is -0.576. The fourth-order valence-electron chi connectivity index (χ4n) is 3.38. The van der Waals surface area contributed by atoms with Gasteiger partial charge in [-0.1, -0.05) is 60.7 Å². The van der Waals surface area contributed by atoms with E-state index in [4.69, 9.17) is 4.74 Å². The van der Waals surface area contributed by atoms with Crippen LogP contribution in [0.4, 0.5) is 0 Å². The lowest BCUT2D eigenvalue weighted by molar-refractivity contribution is -0.135. The van der Waals surface area contributed by atoms with E-state index >= 15 is 0 Å². The Morgan fingerprint density at radius 1 is 0.912 bits per heavy atom. The normalized spacial score (nSPS) is 10.6. The van der Waals surface area contributed by atoms with Crippen molar-refractivity contribution in [2.45, 2.75) is 19.9 Å². The van der Waals surface area contributed by atoms with Crippen LogP contribution >= 0.6 is 11.3 Å². The second-order valence-electron chi connectivity index (χ2n) is 7.62. The molecule has 4 rings (SSSR count). The van der Waals surface area contributed by atoms with E-state index in [1.165, 1.54) is 0 Å². The summed E-state index contributed by atoms with van der Waals surface area (Å²) in [6.45, 7) is 2.35. The molecule has 0 aliphatic heterocycles. The highest BCUT2D eigenvalue weighted by atomic mass is 32.1. The molecule has 34 heavy (non-hydrogen) atoms. The lowest BCUT2D eigenvalue weighted by Gasteiger charge is -2.23. The third-order valence-corrected chi connectivity index (χ3v) is 6.28. The molecule has 2 heterocycles. The molecule has 0 saturated heterocycles. The molecule has 0 spiro atoms. The van der Waals surface area contributed by atoms with Crippen molar-refractivity contribution in [2.75, 3.05) is 13.2 Å². The van der Waals surface area contributed by atoms with E-state index in [-0.39, 0.29) is 12.5 Å². The number of hydrogen-bond donors (Lipinski definition) is 0. The second-order valence-corrected chi connectivity index (χ2v) is 8.62. The standard InChI is InChI=1S/C26H24N4O3S/c1-19-23(34-25(29-19)24-27-14-8-15-28-24)26(32)33-18-22(31)30(17-21-11-6-3-7-12-21)16-13-20-9-4-2-5-10-20/h2-12,14-15H,13,16-18H2,1H3. The van der Waals surface area contributed by atoms with Crippen LogP contribution < -0.4 is 0 Å². The third kappa shape index (κ3) is 6.11. The van der Waals surface area contributed by atoms with Gasteiger partial charge in [-0.15, -0.1) is 11.3 Å². The fourth-order valence-corrected chi connectivity index (χ4v) is 4.29. The molecule has 0 N–H and O–H groups in total. The lowest BCUT2D eigenvalue weighted by Crippen LogP contribution is -2.35. The highest BCUT2D eigenvalue weighted by Gasteiger charge is 2.21. The molecular formula is C26H24N4O3S. The highest BCUT2D eigenvalue weighted by molar-refractivity contribution is 7.16. The minimum Gasteiger partial charge on any atom is -0.451 e. The maximum Gasteiger partial charge on any atom is 0.350 e. The first-order valence-electron chi connectivity index (χ1n) is 10.9. The Balaban J connectivity index is 1.41. The lowest BCUT2D eigenvalue weighted by atomic mass is 10.1. The third-order valence-electron chi connectivity index (χ3n) is 5.15. The first kappa shape index (κ1) is 23.3. The molecule has 0 fully saturated rings. The summed E-state index contributed by atoms with van der Waals surface area (Å²) in [4.78, 5) is 40.5. The molecule has 1 amide bonds. The number of carbonyl (C=O) groups excluding carboxylic acids is 2.